The number of hydrogen-bond donors (Lipinski definition) is 0. The molecule has 4 rings (SSSR count). The van der Waals surface area contributed by atoms with E-state index in [4.69, 9.17) is 4.74 Å². The zero-order valence-corrected chi connectivity index (χ0v) is 25.6. The maximum atomic E-state index is 14.5. The number of hydrogen-bond acceptors (Lipinski definition) is 3. The Morgan fingerprint density at radius 2 is 1.02 bits per heavy atom. The van der Waals surface area contributed by atoms with E-state index in [9.17, 15) is 9.59 Å². The SMILES string of the molecule is CCCCCCCCC(CCCC(=O)C(=O)C(c1ccccc1)(c1ccccc1)c1ccccc1)OCc1ccccc1. The number of rotatable bonds is 19. The zero-order valence-electron chi connectivity index (χ0n) is 25.6. The molecule has 3 nitrogen and oxygen atoms in total. The van der Waals surface area contributed by atoms with Gasteiger partial charge in [-0.15, -0.1) is 0 Å². The van der Waals surface area contributed by atoms with E-state index >= 15 is 0 Å². The minimum atomic E-state index is -1.21. The Morgan fingerprint density at radius 3 is 1.53 bits per heavy atom. The summed E-state index contributed by atoms with van der Waals surface area (Å²) < 4.78 is 6.38. The molecule has 3 heteroatoms. The number of unbranched alkanes of at least 4 members (excludes halogenated alkanes) is 5. The van der Waals surface area contributed by atoms with Gasteiger partial charge in [0.2, 0.25) is 5.78 Å². The summed E-state index contributed by atoms with van der Waals surface area (Å²) in [5.41, 5.74) is 2.36. The molecule has 0 saturated heterocycles. The summed E-state index contributed by atoms with van der Waals surface area (Å²) in [7, 11) is 0. The number of carbonyl (C=O) groups excluding carboxylic acids is 2. The number of ether oxygens (including phenoxy) is 1. The Morgan fingerprint density at radius 1 is 0.581 bits per heavy atom. The fourth-order valence-electron chi connectivity index (χ4n) is 6.02. The van der Waals surface area contributed by atoms with E-state index in [1.807, 2.05) is 109 Å². The minimum absolute atomic E-state index is 0.0661. The summed E-state index contributed by atoms with van der Waals surface area (Å²) in [6, 6.07) is 39.4. The van der Waals surface area contributed by atoms with E-state index in [0.717, 1.165) is 41.5 Å². The summed E-state index contributed by atoms with van der Waals surface area (Å²) in [6.07, 6.45) is 10.0. The van der Waals surface area contributed by atoms with Gasteiger partial charge < -0.3 is 4.74 Å². The second kappa shape index (κ2) is 17.3. The Bertz CT molecular complexity index is 1250. The summed E-state index contributed by atoms with van der Waals surface area (Å²) >= 11 is 0. The normalized spacial score (nSPS) is 12.1. The molecule has 224 valence electrons. The fraction of sp³-hybridized carbons (Fsp3) is 0.350. The fourth-order valence-corrected chi connectivity index (χ4v) is 6.02. The molecule has 4 aromatic carbocycles. The average molecular weight is 575 g/mol. The van der Waals surface area contributed by atoms with Crippen molar-refractivity contribution in [2.75, 3.05) is 0 Å². The van der Waals surface area contributed by atoms with Gasteiger partial charge in [0.1, 0.15) is 5.41 Å². The molecule has 0 amide bonds. The molecular formula is C40H46O3. The van der Waals surface area contributed by atoms with Crippen molar-refractivity contribution < 1.29 is 14.3 Å². The van der Waals surface area contributed by atoms with Crippen LogP contribution in [0.2, 0.25) is 0 Å². The highest BCUT2D eigenvalue weighted by Crippen LogP contribution is 2.40. The maximum absolute atomic E-state index is 14.5. The first-order valence-corrected chi connectivity index (χ1v) is 16.1. The Kier molecular flexibility index (Phi) is 12.9. The lowest BCUT2D eigenvalue weighted by Gasteiger charge is -2.34. The average Bonchev–Trinajstić information content (AvgIpc) is 3.07. The van der Waals surface area contributed by atoms with E-state index in [1.165, 1.54) is 32.1 Å². The number of Topliss-reactive ketones (excluding diaryl/α,β-unsaturated/α-hetero) is 2. The van der Waals surface area contributed by atoms with Crippen molar-refractivity contribution in [1.29, 1.82) is 0 Å². The third kappa shape index (κ3) is 8.84. The van der Waals surface area contributed by atoms with E-state index in [2.05, 4.69) is 19.1 Å². The standard InChI is InChI=1S/C40H46O3/c1-2-3-4-5-6-19-29-37(43-32-33-21-11-7-12-22-33)30-20-31-38(41)39(42)40(34-23-13-8-14-24-34,35-25-15-9-16-26-35)36-27-17-10-18-28-36/h7-18,21-28,37H,2-6,19-20,29-32H2,1H3. The summed E-state index contributed by atoms with van der Waals surface area (Å²) in [5, 5.41) is 0. The van der Waals surface area contributed by atoms with Crippen LogP contribution in [0.5, 0.6) is 0 Å². The molecule has 0 saturated carbocycles. The first-order chi connectivity index (χ1) is 21.2. The maximum Gasteiger partial charge on any atom is 0.217 e. The van der Waals surface area contributed by atoms with Crippen LogP contribution in [0.4, 0.5) is 0 Å². The summed E-state index contributed by atoms with van der Waals surface area (Å²) in [5.74, 6) is -0.716. The van der Waals surface area contributed by atoms with Gasteiger partial charge >= 0.3 is 0 Å². The van der Waals surface area contributed by atoms with Crippen molar-refractivity contribution in [3.63, 3.8) is 0 Å². The largest absolute Gasteiger partial charge is 0.374 e. The molecule has 0 aliphatic heterocycles. The lowest BCUT2D eigenvalue weighted by Crippen LogP contribution is -2.42. The quantitative estimate of drug-likeness (QED) is 0.0636. The Labute approximate surface area is 258 Å². The van der Waals surface area contributed by atoms with Crippen LogP contribution in [0, 0.1) is 0 Å². The predicted octanol–water partition coefficient (Wildman–Crippen LogP) is 9.67. The van der Waals surface area contributed by atoms with Crippen molar-refractivity contribution in [3.05, 3.63) is 144 Å². The number of benzene rings is 4. The van der Waals surface area contributed by atoms with Crippen molar-refractivity contribution in [2.24, 2.45) is 0 Å². The van der Waals surface area contributed by atoms with Crippen LogP contribution in [0.3, 0.4) is 0 Å². The molecule has 0 heterocycles. The molecule has 0 spiro atoms. The number of carbonyl (C=O) groups is 2. The van der Waals surface area contributed by atoms with Crippen molar-refractivity contribution in [2.45, 2.75) is 89.3 Å². The molecule has 0 N–H and O–H groups in total. The summed E-state index contributed by atoms with van der Waals surface area (Å²) in [6.45, 7) is 2.80. The minimum Gasteiger partial charge on any atom is -0.374 e. The monoisotopic (exact) mass is 574 g/mol. The molecule has 0 aliphatic rings. The van der Waals surface area contributed by atoms with Crippen molar-refractivity contribution >= 4 is 11.6 Å². The summed E-state index contributed by atoms with van der Waals surface area (Å²) in [4.78, 5) is 28.3. The van der Waals surface area contributed by atoms with E-state index in [1.54, 1.807) is 0 Å². The third-order valence-corrected chi connectivity index (χ3v) is 8.35. The van der Waals surface area contributed by atoms with Gasteiger partial charge in [-0.3, -0.25) is 9.59 Å². The molecular weight excluding hydrogens is 528 g/mol. The molecule has 1 atom stereocenters. The van der Waals surface area contributed by atoms with Crippen LogP contribution < -0.4 is 0 Å². The molecule has 1 unspecified atom stereocenters. The van der Waals surface area contributed by atoms with Gasteiger partial charge in [0.05, 0.1) is 12.7 Å². The van der Waals surface area contributed by atoms with Crippen LogP contribution in [0.15, 0.2) is 121 Å². The van der Waals surface area contributed by atoms with Crippen LogP contribution >= 0.6 is 0 Å². The van der Waals surface area contributed by atoms with Gasteiger partial charge in [0.15, 0.2) is 5.78 Å². The van der Waals surface area contributed by atoms with Gasteiger partial charge in [0, 0.05) is 6.42 Å². The van der Waals surface area contributed by atoms with Crippen molar-refractivity contribution in [1.82, 2.24) is 0 Å². The molecule has 43 heavy (non-hydrogen) atoms. The molecule has 0 aromatic heterocycles. The van der Waals surface area contributed by atoms with Crippen LogP contribution in [0.1, 0.15) is 93.4 Å². The highest BCUT2D eigenvalue weighted by Gasteiger charge is 2.46. The first-order valence-electron chi connectivity index (χ1n) is 16.1. The van der Waals surface area contributed by atoms with Gasteiger partial charge in [-0.1, -0.05) is 167 Å². The van der Waals surface area contributed by atoms with Gasteiger partial charge in [0.25, 0.3) is 0 Å². The van der Waals surface area contributed by atoms with Crippen molar-refractivity contribution in [3.8, 4) is 0 Å². The molecule has 0 aliphatic carbocycles. The molecule has 4 aromatic rings. The predicted molar refractivity (Wildman–Crippen MR) is 176 cm³/mol. The zero-order chi connectivity index (χ0) is 30.2. The van der Waals surface area contributed by atoms with Crippen LogP contribution in [0.25, 0.3) is 0 Å². The Hall–Kier alpha value is -3.82. The Balaban J connectivity index is 1.49. The van der Waals surface area contributed by atoms with Crippen LogP contribution in [-0.2, 0) is 26.3 Å². The van der Waals surface area contributed by atoms with E-state index in [-0.39, 0.29) is 24.1 Å². The molecule has 0 bridgehead atoms. The second-order valence-corrected chi connectivity index (χ2v) is 11.5. The number of ketones is 2. The van der Waals surface area contributed by atoms with Gasteiger partial charge in [-0.05, 0) is 41.5 Å². The highest BCUT2D eigenvalue weighted by molar-refractivity contribution is 6.42. The van der Waals surface area contributed by atoms with E-state index in [0.29, 0.717) is 13.0 Å². The van der Waals surface area contributed by atoms with E-state index < -0.39 is 5.41 Å². The van der Waals surface area contributed by atoms with Crippen LogP contribution in [-0.4, -0.2) is 17.7 Å². The van der Waals surface area contributed by atoms with Gasteiger partial charge in [-0.25, -0.2) is 0 Å². The molecule has 0 fully saturated rings. The highest BCUT2D eigenvalue weighted by atomic mass is 16.5. The third-order valence-electron chi connectivity index (χ3n) is 8.35. The first kappa shape index (κ1) is 32.1. The lowest BCUT2D eigenvalue weighted by atomic mass is 9.65. The molecule has 0 radical (unpaired) electrons. The topological polar surface area (TPSA) is 43.4 Å². The second-order valence-electron chi connectivity index (χ2n) is 11.5. The smallest absolute Gasteiger partial charge is 0.217 e. The lowest BCUT2D eigenvalue weighted by molar-refractivity contribution is -0.138. The van der Waals surface area contributed by atoms with Gasteiger partial charge in [-0.2, -0.15) is 0 Å².